The minimum absolute atomic E-state index is 0.0799. The van der Waals surface area contributed by atoms with Crippen LogP contribution in [0.1, 0.15) is 47.3 Å². The Labute approximate surface area is 154 Å². The van der Waals surface area contributed by atoms with Crippen molar-refractivity contribution in [2.45, 2.75) is 37.6 Å². The van der Waals surface area contributed by atoms with Crippen molar-refractivity contribution >= 4 is 5.91 Å². The molecule has 0 atom stereocenters. The number of carbonyl (C=O) groups excluding carboxylic acids is 1. The molecule has 5 heteroatoms. The maximum absolute atomic E-state index is 12.6. The summed E-state index contributed by atoms with van der Waals surface area (Å²) in [7, 11) is 0. The molecule has 2 aromatic rings. The second-order valence-corrected chi connectivity index (χ2v) is 8.31. The molecule has 1 N–H and O–H groups in total. The van der Waals surface area contributed by atoms with Crippen LogP contribution in [0.5, 0.6) is 0 Å². The standard InChI is InChI=1S/C21H26N4O/c26-20(19-11-22-15-23-19)25-9-7-21(8-10-25)14-24(12-16-5-6-16)13-17-3-1-2-4-18(17)21/h1-4,11,15-16H,5-10,12-14H2,(H,22,23). The van der Waals surface area contributed by atoms with Gasteiger partial charge in [-0.2, -0.15) is 0 Å². The van der Waals surface area contributed by atoms with Gasteiger partial charge in [0.25, 0.3) is 5.91 Å². The van der Waals surface area contributed by atoms with E-state index in [4.69, 9.17) is 0 Å². The van der Waals surface area contributed by atoms with E-state index in [-0.39, 0.29) is 11.3 Å². The smallest absolute Gasteiger partial charge is 0.271 e. The topological polar surface area (TPSA) is 52.2 Å². The van der Waals surface area contributed by atoms with Gasteiger partial charge in [-0.25, -0.2) is 4.98 Å². The minimum atomic E-state index is 0.0799. The zero-order valence-corrected chi connectivity index (χ0v) is 15.2. The van der Waals surface area contributed by atoms with Crippen LogP contribution in [0.2, 0.25) is 0 Å². The normalized spacial score (nSPS) is 22.4. The highest BCUT2D eigenvalue weighted by atomic mass is 16.2. The summed E-state index contributed by atoms with van der Waals surface area (Å²) in [6.45, 7) is 5.12. The van der Waals surface area contributed by atoms with E-state index in [1.54, 1.807) is 12.5 Å². The van der Waals surface area contributed by atoms with E-state index in [9.17, 15) is 4.79 Å². The second-order valence-electron chi connectivity index (χ2n) is 8.31. The first kappa shape index (κ1) is 16.1. The monoisotopic (exact) mass is 350 g/mol. The van der Waals surface area contributed by atoms with Gasteiger partial charge in [-0.1, -0.05) is 24.3 Å². The highest BCUT2D eigenvalue weighted by Gasteiger charge is 2.43. The molecule has 26 heavy (non-hydrogen) atoms. The summed E-state index contributed by atoms with van der Waals surface area (Å²) in [5, 5.41) is 0. The number of aromatic amines is 1. The predicted molar refractivity (Wildman–Crippen MR) is 99.8 cm³/mol. The molecule has 3 aliphatic rings. The molecule has 1 amide bonds. The zero-order chi connectivity index (χ0) is 17.6. The van der Waals surface area contributed by atoms with E-state index in [1.807, 2.05) is 4.90 Å². The third kappa shape index (κ3) is 2.84. The molecule has 5 nitrogen and oxygen atoms in total. The van der Waals surface area contributed by atoms with Gasteiger partial charge in [-0.05, 0) is 42.7 Å². The Hall–Kier alpha value is -2.14. The lowest BCUT2D eigenvalue weighted by Crippen LogP contribution is -2.53. The van der Waals surface area contributed by atoms with Crippen molar-refractivity contribution < 1.29 is 4.79 Å². The summed E-state index contributed by atoms with van der Waals surface area (Å²) in [5.41, 5.74) is 3.82. The second kappa shape index (κ2) is 6.23. The molecular formula is C21H26N4O. The molecule has 1 saturated carbocycles. The average Bonchev–Trinajstić information content (AvgIpc) is 3.31. The Morgan fingerprint density at radius 1 is 1.23 bits per heavy atom. The zero-order valence-electron chi connectivity index (χ0n) is 15.2. The van der Waals surface area contributed by atoms with E-state index < -0.39 is 0 Å². The van der Waals surface area contributed by atoms with Gasteiger partial charge in [-0.15, -0.1) is 0 Å². The summed E-state index contributed by atoms with van der Waals surface area (Å²) in [4.78, 5) is 24.2. The summed E-state index contributed by atoms with van der Waals surface area (Å²) in [5.74, 6) is 0.996. The van der Waals surface area contributed by atoms with Crippen molar-refractivity contribution in [2.75, 3.05) is 26.2 Å². The molecule has 3 heterocycles. The number of aromatic nitrogens is 2. The molecule has 0 radical (unpaired) electrons. The molecule has 1 spiro atoms. The number of nitrogens with one attached hydrogen (secondary N) is 1. The number of piperidine rings is 1. The fourth-order valence-corrected chi connectivity index (χ4v) is 4.89. The van der Waals surface area contributed by atoms with Crippen LogP contribution >= 0.6 is 0 Å². The van der Waals surface area contributed by atoms with Crippen molar-refractivity contribution in [2.24, 2.45) is 5.92 Å². The molecule has 2 fully saturated rings. The lowest BCUT2D eigenvalue weighted by Gasteiger charge is -2.48. The number of nitrogens with zero attached hydrogens (tertiary/aromatic N) is 3. The Morgan fingerprint density at radius 3 is 2.77 bits per heavy atom. The summed E-state index contributed by atoms with van der Waals surface area (Å²) in [6.07, 6.45) is 8.09. The molecule has 1 aromatic heterocycles. The van der Waals surface area contributed by atoms with Crippen molar-refractivity contribution in [1.29, 1.82) is 0 Å². The third-order valence-corrected chi connectivity index (χ3v) is 6.46. The molecule has 1 aromatic carbocycles. The highest BCUT2D eigenvalue weighted by molar-refractivity contribution is 5.92. The molecule has 5 rings (SSSR count). The number of amides is 1. The van der Waals surface area contributed by atoms with Crippen LogP contribution in [-0.4, -0.2) is 51.9 Å². The number of carbonyl (C=O) groups is 1. The van der Waals surface area contributed by atoms with E-state index in [1.165, 1.54) is 30.5 Å². The molecule has 0 bridgehead atoms. The lowest BCUT2D eigenvalue weighted by molar-refractivity contribution is 0.0585. The fourth-order valence-electron chi connectivity index (χ4n) is 4.89. The molecule has 1 aliphatic carbocycles. The number of likely N-dealkylation sites (tertiary alicyclic amines) is 1. The van der Waals surface area contributed by atoms with E-state index >= 15 is 0 Å². The van der Waals surface area contributed by atoms with Gasteiger partial charge in [0.2, 0.25) is 0 Å². The van der Waals surface area contributed by atoms with Crippen LogP contribution in [-0.2, 0) is 12.0 Å². The molecule has 2 aliphatic heterocycles. The van der Waals surface area contributed by atoms with E-state index in [0.717, 1.165) is 44.9 Å². The Morgan fingerprint density at radius 2 is 2.04 bits per heavy atom. The first-order valence-electron chi connectivity index (χ1n) is 9.82. The maximum atomic E-state index is 12.6. The Kier molecular flexibility index (Phi) is 3.85. The molecule has 0 unspecified atom stereocenters. The summed E-state index contributed by atoms with van der Waals surface area (Å²) in [6, 6.07) is 8.98. The van der Waals surface area contributed by atoms with E-state index in [0.29, 0.717) is 5.69 Å². The average molecular weight is 350 g/mol. The first-order chi connectivity index (χ1) is 12.7. The lowest BCUT2D eigenvalue weighted by atomic mass is 9.68. The molecular weight excluding hydrogens is 324 g/mol. The largest absolute Gasteiger partial charge is 0.341 e. The van der Waals surface area contributed by atoms with Crippen LogP contribution in [0.15, 0.2) is 36.8 Å². The number of rotatable bonds is 3. The first-order valence-corrected chi connectivity index (χ1v) is 9.82. The van der Waals surface area contributed by atoms with Crippen LogP contribution in [0.4, 0.5) is 0 Å². The van der Waals surface area contributed by atoms with Gasteiger partial charge in [0.1, 0.15) is 5.69 Å². The number of hydrogen-bond donors (Lipinski definition) is 1. The van der Waals surface area contributed by atoms with Gasteiger partial charge in [0.15, 0.2) is 0 Å². The van der Waals surface area contributed by atoms with Crippen molar-refractivity contribution in [1.82, 2.24) is 19.8 Å². The molecule has 136 valence electrons. The minimum Gasteiger partial charge on any atom is -0.341 e. The number of benzene rings is 1. The Balaban J connectivity index is 1.37. The van der Waals surface area contributed by atoms with Gasteiger partial charge in [0, 0.05) is 38.1 Å². The number of fused-ring (bicyclic) bond motifs is 2. The number of hydrogen-bond acceptors (Lipinski definition) is 3. The van der Waals surface area contributed by atoms with Crippen molar-refractivity contribution in [3.8, 4) is 0 Å². The number of H-pyrrole nitrogens is 1. The van der Waals surface area contributed by atoms with Gasteiger partial charge in [-0.3, -0.25) is 9.69 Å². The van der Waals surface area contributed by atoms with Gasteiger partial charge in [0.05, 0.1) is 12.5 Å². The quantitative estimate of drug-likeness (QED) is 0.926. The third-order valence-electron chi connectivity index (χ3n) is 6.46. The van der Waals surface area contributed by atoms with Crippen LogP contribution in [0.3, 0.4) is 0 Å². The Bertz CT molecular complexity index is 788. The van der Waals surface area contributed by atoms with Crippen LogP contribution in [0, 0.1) is 5.92 Å². The fraction of sp³-hybridized carbons (Fsp3) is 0.524. The van der Waals surface area contributed by atoms with Crippen LogP contribution < -0.4 is 0 Å². The van der Waals surface area contributed by atoms with Crippen LogP contribution in [0.25, 0.3) is 0 Å². The highest BCUT2D eigenvalue weighted by Crippen LogP contribution is 2.43. The summed E-state index contributed by atoms with van der Waals surface area (Å²) < 4.78 is 0. The van der Waals surface area contributed by atoms with Crippen molar-refractivity contribution in [3.05, 3.63) is 53.6 Å². The van der Waals surface area contributed by atoms with Gasteiger partial charge >= 0.3 is 0 Å². The molecule has 1 saturated heterocycles. The van der Waals surface area contributed by atoms with E-state index in [2.05, 4.69) is 39.1 Å². The number of imidazole rings is 1. The van der Waals surface area contributed by atoms with Gasteiger partial charge < -0.3 is 9.88 Å². The SMILES string of the molecule is O=C(c1cnc[nH]1)N1CCC2(CC1)CN(CC1CC1)Cc1ccccc12. The summed E-state index contributed by atoms with van der Waals surface area (Å²) >= 11 is 0. The maximum Gasteiger partial charge on any atom is 0.271 e. The van der Waals surface area contributed by atoms with Crippen molar-refractivity contribution in [3.63, 3.8) is 0 Å². The predicted octanol–water partition coefficient (Wildman–Crippen LogP) is 2.81.